The Bertz CT molecular complexity index is 1380. The van der Waals surface area contributed by atoms with Crippen LogP contribution in [-0.2, 0) is 37.5 Å². The van der Waals surface area contributed by atoms with E-state index in [0.717, 1.165) is 28.5 Å². The Labute approximate surface area is 178 Å². The zero-order valence-corrected chi connectivity index (χ0v) is 18.0. The molecule has 5 rings (SSSR count). The number of hydrogen-bond acceptors (Lipinski definition) is 5. The SMILES string of the molecule is Cn1c2c(c3cnn(Cc4ccc5ccn(SF)c5n4)c(=O)c31)CCN(S(C)=O)C2. The summed E-state index contributed by atoms with van der Waals surface area (Å²) in [4.78, 5) is 17.7. The van der Waals surface area contributed by atoms with E-state index in [1.54, 1.807) is 24.7 Å². The summed E-state index contributed by atoms with van der Waals surface area (Å²) in [6, 6.07) is 5.46. The molecule has 1 aliphatic rings. The van der Waals surface area contributed by atoms with Crippen LogP contribution in [0, 0.1) is 0 Å². The third-order valence-electron chi connectivity index (χ3n) is 5.68. The van der Waals surface area contributed by atoms with Gasteiger partial charge in [0, 0.05) is 42.5 Å². The second-order valence-corrected chi connectivity index (χ2v) is 9.21. The summed E-state index contributed by atoms with van der Waals surface area (Å²) < 4.78 is 31.5. The average Bonchev–Trinajstić information content (AvgIpc) is 3.28. The van der Waals surface area contributed by atoms with Crippen LogP contribution in [0.15, 0.2) is 35.4 Å². The summed E-state index contributed by atoms with van der Waals surface area (Å²) in [5, 5.41) is 6.05. The van der Waals surface area contributed by atoms with Crippen LogP contribution in [0.4, 0.5) is 3.89 Å². The highest BCUT2D eigenvalue weighted by atomic mass is 32.2. The van der Waals surface area contributed by atoms with Gasteiger partial charge in [-0.05, 0) is 30.2 Å². The Morgan fingerprint density at radius 3 is 2.90 bits per heavy atom. The lowest BCUT2D eigenvalue weighted by molar-refractivity contribution is 0.412. The van der Waals surface area contributed by atoms with Crippen molar-refractivity contribution in [1.29, 1.82) is 0 Å². The first kappa shape index (κ1) is 19.5. The number of hydrogen-bond donors (Lipinski definition) is 0. The van der Waals surface area contributed by atoms with Gasteiger partial charge in [-0.3, -0.25) is 4.79 Å². The van der Waals surface area contributed by atoms with E-state index in [1.165, 1.54) is 8.65 Å². The quantitative estimate of drug-likeness (QED) is 0.480. The number of halogens is 1. The van der Waals surface area contributed by atoms with Crippen molar-refractivity contribution in [3.63, 3.8) is 0 Å². The van der Waals surface area contributed by atoms with Crippen molar-refractivity contribution in [2.45, 2.75) is 19.5 Å². The van der Waals surface area contributed by atoms with E-state index in [-0.39, 0.29) is 24.4 Å². The minimum atomic E-state index is -1.05. The molecule has 0 N–H and O–H groups in total. The second kappa shape index (κ2) is 7.33. The number of nitrogens with zero attached hydrogens (tertiary/aromatic N) is 6. The van der Waals surface area contributed by atoms with E-state index in [4.69, 9.17) is 0 Å². The summed E-state index contributed by atoms with van der Waals surface area (Å²) in [6.45, 7) is 1.42. The maximum Gasteiger partial charge on any atom is 0.291 e. The van der Waals surface area contributed by atoms with Gasteiger partial charge in [0.2, 0.25) is 0 Å². The molecule has 4 aromatic rings. The third-order valence-corrected chi connectivity index (χ3v) is 7.16. The normalized spacial score (nSPS) is 15.7. The molecule has 4 aromatic heterocycles. The first-order valence-corrected chi connectivity index (χ1v) is 11.6. The molecule has 0 aliphatic carbocycles. The van der Waals surface area contributed by atoms with Crippen molar-refractivity contribution < 1.29 is 8.09 Å². The van der Waals surface area contributed by atoms with E-state index < -0.39 is 11.0 Å². The molecule has 5 heterocycles. The van der Waals surface area contributed by atoms with Gasteiger partial charge < -0.3 is 4.57 Å². The van der Waals surface area contributed by atoms with Crippen LogP contribution >= 0.6 is 12.3 Å². The Kier molecular flexibility index (Phi) is 4.75. The van der Waals surface area contributed by atoms with E-state index in [0.29, 0.717) is 29.9 Å². The summed E-state index contributed by atoms with van der Waals surface area (Å²) in [5.41, 5.74) is 3.62. The van der Waals surface area contributed by atoms with Crippen molar-refractivity contribution in [3.05, 3.63) is 57.9 Å². The highest BCUT2D eigenvalue weighted by Crippen LogP contribution is 2.28. The monoisotopic (exact) mass is 446 g/mol. The van der Waals surface area contributed by atoms with E-state index in [1.807, 2.05) is 28.1 Å². The molecule has 11 heteroatoms. The largest absolute Gasteiger partial charge is 0.342 e. The van der Waals surface area contributed by atoms with Crippen LogP contribution in [0.5, 0.6) is 0 Å². The molecule has 1 unspecified atom stereocenters. The fourth-order valence-corrected chi connectivity index (χ4v) is 5.10. The number of aryl methyl sites for hydroxylation is 1. The van der Waals surface area contributed by atoms with Crippen molar-refractivity contribution in [3.8, 4) is 0 Å². The van der Waals surface area contributed by atoms with Gasteiger partial charge in [-0.2, -0.15) is 5.10 Å². The Morgan fingerprint density at radius 2 is 2.13 bits per heavy atom. The first-order chi connectivity index (χ1) is 14.5. The van der Waals surface area contributed by atoms with Crippen molar-refractivity contribution in [2.75, 3.05) is 12.8 Å². The summed E-state index contributed by atoms with van der Waals surface area (Å²) in [7, 11) is 0.812. The van der Waals surface area contributed by atoms with E-state index >= 15 is 0 Å². The van der Waals surface area contributed by atoms with Gasteiger partial charge in [-0.25, -0.2) is 22.2 Å². The number of pyridine rings is 1. The van der Waals surface area contributed by atoms with E-state index in [2.05, 4.69) is 10.1 Å². The predicted octanol–water partition coefficient (Wildman–Crippen LogP) is 2.17. The van der Waals surface area contributed by atoms with Gasteiger partial charge >= 0.3 is 0 Å². The molecule has 0 saturated heterocycles. The van der Waals surface area contributed by atoms with Gasteiger partial charge in [0.25, 0.3) is 5.56 Å². The zero-order chi connectivity index (χ0) is 21.0. The molecule has 1 aliphatic heterocycles. The average molecular weight is 447 g/mol. The highest BCUT2D eigenvalue weighted by Gasteiger charge is 2.26. The van der Waals surface area contributed by atoms with Crippen molar-refractivity contribution >= 4 is 45.3 Å². The van der Waals surface area contributed by atoms with Gasteiger partial charge in [0.05, 0.1) is 36.0 Å². The number of aromatic nitrogens is 5. The highest BCUT2D eigenvalue weighted by molar-refractivity contribution is 7.92. The fraction of sp³-hybridized carbons (Fsp3) is 0.316. The lowest BCUT2D eigenvalue weighted by atomic mass is 10.1. The molecule has 0 saturated carbocycles. The van der Waals surface area contributed by atoms with Crippen LogP contribution in [0.3, 0.4) is 0 Å². The van der Waals surface area contributed by atoms with Crippen LogP contribution in [0.1, 0.15) is 17.0 Å². The molecular formula is C19H19FN6O2S2. The third kappa shape index (κ3) is 2.99. The van der Waals surface area contributed by atoms with Crippen LogP contribution in [0.25, 0.3) is 21.9 Å². The predicted molar refractivity (Wildman–Crippen MR) is 116 cm³/mol. The zero-order valence-electron chi connectivity index (χ0n) is 16.4. The van der Waals surface area contributed by atoms with Gasteiger partial charge in [-0.15, -0.1) is 3.89 Å². The van der Waals surface area contributed by atoms with Crippen LogP contribution in [0.2, 0.25) is 0 Å². The lowest BCUT2D eigenvalue weighted by Crippen LogP contribution is -2.32. The molecule has 0 radical (unpaired) electrons. The van der Waals surface area contributed by atoms with Crippen LogP contribution in [-0.4, -0.2) is 44.6 Å². The molecule has 0 aromatic carbocycles. The summed E-state index contributed by atoms with van der Waals surface area (Å²) in [6.07, 6.45) is 5.74. The standard InChI is InChI=1S/C19H19FN6O2S2/c1-23-16-11-24(30(2)28)7-6-14(16)15-9-21-25(19(27)17(15)23)10-13-4-3-12-5-8-26(29-20)18(12)22-13/h3-5,8-9H,6-7,10-11H2,1-2H3. The number of rotatable bonds is 4. The minimum absolute atomic E-state index is 0.0853. The first-order valence-electron chi connectivity index (χ1n) is 9.38. The molecule has 0 fully saturated rings. The summed E-state index contributed by atoms with van der Waals surface area (Å²) >= 11 is 0.0853. The molecule has 30 heavy (non-hydrogen) atoms. The fourth-order valence-electron chi connectivity index (χ4n) is 4.13. The smallest absolute Gasteiger partial charge is 0.291 e. The minimum Gasteiger partial charge on any atom is -0.342 e. The molecule has 8 nitrogen and oxygen atoms in total. The number of fused-ring (bicyclic) bond motifs is 4. The maximum atomic E-state index is 13.2. The lowest BCUT2D eigenvalue weighted by Gasteiger charge is -2.25. The van der Waals surface area contributed by atoms with Gasteiger partial charge in [0.1, 0.15) is 5.52 Å². The maximum absolute atomic E-state index is 13.2. The topological polar surface area (TPSA) is 78.0 Å². The molecule has 0 amide bonds. The Balaban J connectivity index is 1.57. The summed E-state index contributed by atoms with van der Waals surface area (Å²) in [5.74, 6) is 0. The molecule has 0 bridgehead atoms. The van der Waals surface area contributed by atoms with Crippen LogP contribution < -0.4 is 5.56 Å². The molecular weight excluding hydrogens is 427 g/mol. The molecule has 1 atom stereocenters. The van der Waals surface area contributed by atoms with Crippen molar-refractivity contribution in [2.24, 2.45) is 7.05 Å². The van der Waals surface area contributed by atoms with Gasteiger partial charge in [-0.1, -0.05) is 0 Å². The second-order valence-electron chi connectivity index (χ2n) is 7.32. The molecule has 0 spiro atoms. The Hall–Kier alpha value is -2.50. The Morgan fingerprint density at radius 1 is 1.30 bits per heavy atom. The van der Waals surface area contributed by atoms with Gasteiger partial charge in [0.15, 0.2) is 18.0 Å². The molecule has 156 valence electrons. The van der Waals surface area contributed by atoms with E-state index in [9.17, 15) is 12.9 Å². The van der Waals surface area contributed by atoms with Crippen molar-refractivity contribution in [1.82, 2.24) is 27.6 Å².